The normalized spacial score (nSPS) is 18.7. The maximum atomic E-state index is 12.0. The summed E-state index contributed by atoms with van der Waals surface area (Å²) in [5.74, 6) is 0.396. The van der Waals surface area contributed by atoms with Gasteiger partial charge in [0, 0.05) is 12.2 Å². The largest absolute Gasteiger partial charge is 0.462 e. The predicted octanol–water partition coefficient (Wildman–Crippen LogP) is 3.39. The molecule has 3 nitrogen and oxygen atoms in total. The molecule has 102 valence electrons. The highest BCUT2D eigenvalue weighted by Crippen LogP contribution is 2.25. The summed E-state index contributed by atoms with van der Waals surface area (Å²) in [4.78, 5) is 12.0. The Morgan fingerprint density at radius 2 is 2.11 bits per heavy atom. The van der Waals surface area contributed by atoms with E-state index in [-0.39, 0.29) is 5.97 Å². The van der Waals surface area contributed by atoms with Gasteiger partial charge in [-0.2, -0.15) is 0 Å². The molecule has 0 spiro atoms. The van der Waals surface area contributed by atoms with Crippen molar-refractivity contribution in [2.75, 3.05) is 18.5 Å². The van der Waals surface area contributed by atoms with Crippen LogP contribution in [0.25, 0.3) is 0 Å². The summed E-state index contributed by atoms with van der Waals surface area (Å²) >= 11 is 0. The van der Waals surface area contributed by atoms with Gasteiger partial charge in [0.2, 0.25) is 0 Å². The number of hydrogen-bond donors (Lipinski definition) is 1. The van der Waals surface area contributed by atoms with Crippen LogP contribution in [-0.2, 0) is 11.2 Å². The maximum absolute atomic E-state index is 12.0. The highest BCUT2D eigenvalue weighted by atomic mass is 16.5. The standard InChI is InChI=1S/C16H21NO2/c18-16(19-11-12-4-2-1-3-5-12)14-7-6-13-8-9-17-15(13)10-14/h6-7,10,12,17H,1-5,8-9,11H2. The molecule has 1 saturated carbocycles. The van der Waals surface area contributed by atoms with Crippen molar-refractivity contribution in [1.29, 1.82) is 0 Å². The molecule has 0 bridgehead atoms. The van der Waals surface area contributed by atoms with Crippen molar-refractivity contribution in [2.45, 2.75) is 38.5 Å². The number of rotatable bonds is 3. The number of carbonyl (C=O) groups excluding carboxylic acids is 1. The third-order valence-corrected chi connectivity index (χ3v) is 4.23. The number of anilines is 1. The average Bonchev–Trinajstić information content (AvgIpc) is 2.93. The molecular weight excluding hydrogens is 238 g/mol. The molecule has 1 fully saturated rings. The zero-order chi connectivity index (χ0) is 13.1. The Morgan fingerprint density at radius 3 is 2.95 bits per heavy atom. The number of carbonyl (C=O) groups is 1. The van der Waals surface area contributed by atoms with Crippen LogP contribution in [0.3, 0.4) is 0 Å². The predicted molar refractivity (Wildman–Crippen MR) is 75.5 cm³/mol. The minimum atomic E-state index is -0.179. The summed E-state index contributed by atoms with van der Waals surface area (Å²) in [7, 11) is 0. The summed E-state index contributed by atoms with van der Waals surface area (Å²) in [5.41, 5.74) is 3.06. The molecule has 3 rings (SSSR count). The quantitative estimate of drug-likeness (QED) is 0.846. The first-order valence-electron chi connectivity index (χ1n) is 7.37. The number of fused-ring (bicyclic) bond motifs is 1. The van der Waals surface area contributed by atoms with Crippen LogP contribution in [0.1, 0.15) is 48.0 Å². The lowest BCUT2D eigenvalue weighted by atomic mass is 9.90. The van der Waals surface area contributed by atoms with Crippen molar-refractivity contribution in [1.82, 2.24) is 0 Å². The Balaban J connectivity index is 1.57. The van der Waals surface area contributed by atoms with E-state index >= 15 is 0 Å². The first-order valence-corrected chi connectivity index (χ1v) is 7.37. The lowest BCUT2D eigenvalue weighted by Crippen LogP contribution is -2.16. The summed E-state index contributed by atoms with van der Waals surface area (Å²) in [5, 5.41) is 3.29. The van der Waals surface area contributed by atoms with E-state index in [1.54, 1.807) is 0 Å². The van der Waals surface area contributed by atoms with Crippen molar-refractivity contribution in [3.05, 3.63) is 29.3 Å². The van der Waals surface area contributed by atoms with Crippen LogP contribution >= 0.6 is 0 Å². The van der Waals surface area contributed by atoms with Gasteiger partial charge in [-0.05, 0) is 42.9 Å². The molecule has 0 atom stereocenters. The molecule has 3 heteroatoms. The third kappa shape index (κ3) is 2.91. The Kier molecular flexibility index (Phi) is 3.72. The first kappa shape index (κ1) is 12.5. The lowest BCUT2D eigenvalue weighted by molar-refractivity contribution is 0.0410. The van der Waals surface area contributed by atoms with Gasteiger partial charge < -0.3 is 10.1 Å². The van der Waals surface area contributed by atoms with Gasteiger partial charge in [-0.25, -0.2) is 4.79 Å². The van der Waals surface area contributed by atoms with E-state index in [9.17, 15) is 4.79 Å². The van der Waals surface area contributed by atoms with Gasteiger partial charge in [0.25, 0.3) is 0 Å². The Hall–Kier alpha value is -1.51. The zero-order valence-corrected chi connectivity index (χ0v) is 11.3. The van der Waals surface area contributed by atoms with Crippen molar-refractivity contribution >= 4 is 11.7 Å². The first-order chi connectivity index (χ1) is 9.33. The van der Waals surface area contributed by atoms with E-state index < -0.39 is 0 Å². The molecule has 1 aliphatic heterocycles. The highest BCUT2D eigenvalue weighted by Gasteiger charge is 2.18. The fourth-order valence-electron chi connectivity index (χ4n) is 3.05. The molecule has 0 unspecified atom stereocenters. The molecule has 0 aromatic heterocycles. The maximum Gasteiger partial charge on any atom is 0.338 e. The van der Waals surface area contributed by atoms with Gasteiger partial charge in [-0.3, -0.25) is 0 Å². The molecular formula is C16H21NO2. The van der Waals surface area contributed by atoms with E-state index in [2.05, 4.69) is 5.32 Å². The van der Waals surface area contributed by atoms with E-state index in [0.717, 1.165) is 18.7 Å². The van der Waals surface area contributed by atoms with Gasteiger partial charge in [0.05, 0.1) is 12.2 Å². The molecule has 0 saturated heterocycles. The van der Waals surface area contributed by atoms with Crippen LogP contribution in [-0.4, -0.2) is 19.1 Å². The van der Waals surface area contributed by atoms with Gasteiger partial charge in [0.15, 0.2) is 0 Å². The van der Waals surface area contributed by atoms with Gasteiger partial charge in [0.1, 0.15) is 0 Å². The number of esters is 1. The minimum Gasteiger partial charge on any atom is -0.462 e. The zero-order valence-electron chi connectivity index (χ0n) is 11.3. The number of benzene rings is 1. The average molecular weight is 259 g/mol. The van der Waals surface area contributed by atoms with Crippen molar-refractivity contribution in [3.8, 4) is 0 Å². The van der Waals surface area contributed by atoms with E-state index in [1.807, 2.05) is 18.2 Å². The Bertz CT molecular complexity index is 464. The van der Waals surface area contributed by atoms with Crippen molar-refractivity contribution < 1.29 is 9.53 Å². The van der Waals surface area contributed by atoms with Crippen LogP contribution in [0.2, 0.25) is 0 Å². The molecule has 1 aromatic carbocycles. The lowest BCUT2D eigenvalue weighted by Gasteiger charge is -2.21. The third-order valence-electron chi connectivity index (χ3n) is 4.23. The van der Waals surface area contributed by atoms with Crippen molar-refractivity contribution in [2.24, 2.45) is 5.92 Å². The molecule has 1 heterocycles. The molecule has 0 radical (unpaired) electrons. The summed E-state index contributed by atoms with van der Waals surface area (Å²) in [6, 6.07) is 5.84. The van der Waals surface area contributed by atoms with Crippen LogP contribution in [0.5, 0.6) is 0 Å². The Labute approximate surface area is 114 Å². The summed E-state index contributed by atoms with van der Waals surface area (Å²) in [6.07, 6.45) is 7.36. The SMILES string of the molecule is O=C(OCC1CCCCC1)c1ccc2c(c1)NCC2. The van der Waals surface area contributed by atoms with Crippen LogP contribution in [0.4, 0.5) is 5.69 Å². The van der Waals surface area contributed by atoms with Crippen LogP contribution < -0.4 is 5.32 Å². The Morgan fingerprint density at radius 1 is 1.26 bits per heavy atom. The molecule has 1 N–H and O–H groups in total. The van der Waals surface area contributed by atoms with E-state index in [0.29, 0.717) is 18.1 Å². The molecule has 0 amide bonds. The molecule has 1 aromatic rings. The molecule has 2 aliphatic rings. The number of ether oxygens (including phenoxy) is 1. The van der Waals surface area contributed by atoms with Crippen molar-refractivity contribution in [3.63, 3.8) is 0 Å². The summed E-state index contributed by atoms with van der Waals surface area (Å²) < 4.78 is 5.46. The van der Waals surface area contributed by atoms with Gasteiger partial charge in [-0.1, -0.05) is 25.3 Å². The second-order valence-electron chi connectivity index (χ2n) is 5.65. The van der Waals surface area contributed by atoms with Crippen LogP contribution in [0.15, 0.2) is 18.2 Å². The second kappa shape index (κ2) is 5.64. The van der Waals surface area contributed by atoms with Gasteiger partial charge >= 0.3 is 5.97 Å². The van der Waals surface area contributed by atoms with Crippen LogP contribution in [0, 0.1) is 5.92 Å². The number of hydrogen-bond acceptors (Lipinski definition) is 3. The molecule has 19 heavy (non-hydrogen) atoms. The summed E-state index contributed by atoms with van der Waals surface area (Å²) in [6.45, 7) is 1.55. The smallest absolute Gasteiger partial charge is 0.338 e. The molecule has 1 aliphatic carbocycles. The fraction of sp³-hybridized carbons (Fsp3) is 0.562. The fourth-order valence-corrected chi connectivity index (χ4v) is 3.05. The van der Waals surface area contributed by atoms with E-state index in [1.165, 1.54) is 37.7 Å². The van der Waals surface area contributed by atoms with Gasteiger partial charge in [-0.15, -0.1) is 0 Å². The second-order valence-corrected chi connectivity index (χ2v) is 5.65. The van der Waals surface area contributed by atoms with E-state index in [4.69, 9.17) is 4.74 Å². The topological polar surface area (TPSA) is 38.3 Å². The number of nitrogens with one attached hydrogen (secondary N) is 1. The highest BCUT2D eigenvalue weighted by molar-refractivity contribution is 5.91. The monoisotopic (exact) mass is 259 g/mol. The minimum absolute atomic E-state index is 0.179.